The number of carboxylic acids is 1. The molecular weight excluding hydrogens is 270 g/mol. The molecule has 6 nitrogen and oxygen atoms in total. The molecule has 0 unspecified atom stereocenters. The van der Waals surface area contributed by atoms with E-state index in [0.717, 1.165) is 12.1 Å². The smallest absolute Gasteiger partial charge is 0.339 e. The lowest BCUT2D eigenvalue weighted by molar-refractivity contribution is 0.0691. The topological polar surface area (TPSA) is 77.2 Å². The summed E-state index contributed by atoms with van der Waals surface area (Å²) in [6.45, 7) is 6.95. The molecule has 0 fully saturated rings. The maximum Gasteiger partial charge on any atom is 0.339 e. The van der Waals surface area contributed by atoms with E-state index >= 15 is 0 Å². The zero-order valence-electron chi connectivity index (χ0n) is 12.4. The van der Waals surface area contributed by atoms with Crippen LogP contribution in [0.15, 0.2) is 24.5 Å². The predicted molar refractivity (Wildman–Crippen MR) is 77.3 cm³/mol. The second-order valence-corrected chi connectivity index (χ2v) is 5.30. The van der Waals surface area contributed by atoms with Gasteiger partial charge in [-0.05, 0) is 24.5 Å². The first-order valence-electron chi connectivity index (χ1n) is 6.81. The zero-order chi connectivity index (χ0) is 15.4. The van der Waals surface area contributed by atoms with Crippen LogP contribution in [0.4, 0.5) is 0 Å². The molecule has 0 atom stereocenters. The van der Waals surface area contributed by atoms with Gasteiger partial charge in [0.25, 0.3) is 0 Å². The van der Waals surface area contributed by atoms with E-state index in [1.54, 1.807) is 10.7 Å². The number of para-hydroxylation sites is 1. The molecule has 1 aromatic heterocycles. The summed E-state index contributed by atoms with van der Waals surface area (Å²) in [6, 6.07) is 5.05. The Morgan fingerprint density at radius 2 is 2.19 bits per heavy atom. The molecule has 112 valence electrons. The predicted octanol–water partition coefficient (Wildman–Crippen LogP) is 2.52. The van der Waals surface area contributed by atoms with Crippen LogP contribution in [0.5, 0.6) is 5.75 Å². The number of ether oxygens (including phenoxy) is 1. The van der Waals surface area contributed by atoms with Crippen LogP contribution >= 0.6 is 0 Å². The Hall–Kier alpha value is -2.37. The van der Waals surface area contributed by atoms with Gasteiger partial charge in [-0.1, -0.05) is 26.0 Å². The highest BCUT2D eigenvalue weighted by Crippen LogP contribution is 2.24. The van der Waals surface area contributed by atoms with Gasteiger partial charge in [0.2, 0.25) is 0 Å². The zero-order valence-corrected chi connectivity index (χ0v) is 12.4. The molecule has 1 N–H and O–H groups in total. The first-order chi connectivity index (χ1) is 9.99. The van der Waals surface area contributed by atoms with Gasteiger partial charge in [-0.2, -0.15) is 5.10 Å². The summed E-state index contributed by atoms with van der Waals surface area (Å²) in [5.74, 6) is 0.503. The van der Waals surface area contributed by atoms with Crippen molar-refractivity contribution in [1.82, 2.24) is 14.8 Å². The Morgan fingerprint density at radius 1 is 1.43 bits per heavy atom. The van der Waals surface area contributed by atoms with Gasteiger partial charge in [-0.3, -0.25) is 0 Å². The molecule has 1 heterocycles. The van der Waals surface area contributed by atoms with Crippen LogP contribution in [0.2, 0.25) is 0 Å². The second-order valence-electron chi connectivity index (χ2n) is 5.30. The van der Waals surface area contributed by atoms with Crippen molar-refractivity contribution < 1.29 is 14.6 Å². The third-order valence-electron chi connectivity index (χ3n) is 3.02. The number of rotatable bonds is 6. The minimum Gasteiger partial charge on any atom is -0.484 e. The second kappa shape index (κ2) is 6.39. The van der Waals surface area contributed by atoms with Crippen LogP contribution in [0.25, 0.3) is 0 Å². The molecule has 0 saturated carbocycles. The molecule has 0 aliphatic heterocycles. The molecule has 0 spiro atoms. The first-order valence-corrected chi connectivity index (χ1v) is 6.81. The molecular formula is C15H19N3O3. The van der Waals surface area contributed by atoms with Crippen molar-refractivity contribution in [2.24, 2.45) is 5.92 Å². The van der Waals surface area contributed by atoms with E-state index in [0.29, 0.717) is 17.5 Å². The number of aryl methyl sites for hydroxylation is 1. The summed E-state index contributed by atoms with van der Waals surface area (Å²) >= 11 is 0. The quantitative estimate of drug-likeness (QED) is 0.884. The van der Waals surface area contributed by atoms with Crippen LogP contribution < -0.4 is 4.74 Å². The molecule has 2 rings (SSSR count). The van der Waals surface area contributed by atoms with Crippen molar-refractivity contribution in [2.45, 2.75) is 33.9 Å². The van der Waals surface area contributed by atoms with Gasteiger partial charge >= 0.3 is 5.97 Å². The lowest BCUT2D eigenvalue weighted by Crippen LogP contribution is -2.13. The number of carboxylic acid groups (broad SMARTS) is 1. The molecule has 21 heavy (non-hydrogen) atoms. The van der Waals surface area contributed by atoms with Crippen molar-refractivity contribution >= 4 is 5.97 Å². The third-order valence-corrected chi connectivity index (χ3v) is 3.02. The maximum atomic E-state index is 11.2. The van der Waals surface area contributed by atoms with Crippen molar-refractivity contribution in [2.75, 3.05) is 0 Å². The largest absolute Gasteiger partial charge is 0.484 e. The number of hydrogen-bond donors (Lipinski definition) is 1. The Bertz CT molecular complexity index is 635. The van der Waals surface area contributed by atoms with Gasteiger partial charge in [-0.15, -0.1) is 0 Å². The molecule has 0 aliphatic rings. The summed E-state index contributed by atoms with van der Waals surface area (Å²) in [5.41, 5.74) is 0.940. The van der Waals surface area contributed by atoms with Crippen LogP contribution in [-0.4, -0.2) is 25.8 Å². The van der Waals surface area contributed by atoms with E-state index in [-0.39, 0.29) is 12.2 Å². The molecule has 0 radical (unpaired) electrons. The molecule has 0 saturated heterocycles. The third kappa shape index (κ3) is 3.59. The van der Waals surface area contributed by atoms with Crippen LogP contribution in [-0.2, 0) is 13.2 Å². The molecule has 0 amide bonds. The van der Waals surface area contributed by atoms with Crippen LogP contribution in [0.3, 0.4) is 0 Å². The summed E-state index contributed by atoms with van der Waals surface area (Å²) in [4.78, 5) is 15.4. The standard InChI is InChI=1S/C15H19N3O3/c1-10(2)7-18-13(16-9-17-18)8-21-14-11(3)5-4-6-12(14)15(19)20/h4-6,9-10H,7-8H2,1-3H3,(H,19,20). The molecule has 0 aliphatic carbocycles. The highest BCUT2D eigenvalue weighted by Gasteiger charge is 2.15. The van der Waals surface area contributed by atoms with E-state index in [2.05, 4.69) is 23.9 Å². The van der Waals surface area contributed by atoms with Gasteiger partial charge in [-0.25, -0.2) is 14.5 Å². The molecule has 0 bridgehead atoms. The lowest BCUT2D eigenvalue weighted by atomic mass is 10.1. The van der Waals surface area contributed by atoms with E-state index in [1.165, 1.54) is 12.4 Å². The average Bonchev–Trinajstić information content (AvgIpc) is 2.83. The average molecular weight is 289 g/mol. The number of benzene rings is 1. The Kier molecular flexibility index (Phi) is 4.57. The van der Waals surface area contributed by atoms with Crippen molar-refractivity contribution in [3.8, 4) is 5.75 Å². The maximum absolute atomic E-state index is 11.2. The fraction of sp³-hybridized carbons (Fsp3) is 0.400. The summed E-state index contributed by atoms with van der Waals surface area (Å²) in [5, 5.41) is 13.4. The SMILES string of the molecule is Cc1cccc(C(=O)O)c1OCc1ncnn1CC(C)C. The fourth-order valence-corrected chi connectivity index (χ4v) is 2.05. The highest BCUT2D eigenvalue weighted by atomic mass is 16.5. The van der Waals surface area contributed by atoms with Gasteiger partial charge < -0.3 is 9.84 Å². The van der Waals surface area contributed by atoms with Crippen LogP contribution in [0, 0.1) is 12.8 Å². The lowest BCUT2D eigenvalue weighted by Gasteiger charge is -2.13. The van der Waals surface area contributed by atoms with E-state index in [9.17, 15) is 9.90 Å². The number of hydrogen-bond acceptors (Lipinski definition) is 4. The summed E-state index contributed by atoms with van der Waals surface area (Å²) in [6.07, 6.45) is 1.48. The molecule has 2 aromatic rings. The number of aromatic nitrogens is 3. The number of nitrogens with zero attached hydrogens (tertiary/aromatic N) is 3. The molecule has 1 aromatic carbocycles. The Balaban J connectivity index is 2.17. The van der Waals surface area contributed by atoms with Crippen LogP contribution in [0.1, 0.15) is 35.6 Å². The van der Waals surface area contributed by atoms with Crippen molar-refractivity contribution in [1.29, 1.82) is 0 Å². The number of carbonyl (C=O) groups is 1. The number of aromatic carboxylic acids is 1. The normalized spacial score (nSPS) is 10.9. The van der Waals surface area contributed by atoms with Crippen molar-refractivity contribution in [3.63, 3.8) is 0 Å². The fourth-order valence-electron chi connectivity index (χ4n) is 2.05. The van der Waals surface area contributed by atoms with E-state index in [4.69, 9.17) is 4.74 Å². The molecule has 6 heteroatoms. The van der Waals surface area contributed by atoms with E-state index < -0.39 is 5.97 Å². The monoisotopic (exact) mass is 289 g/mol. The van der Waals surface area contributed by atoms with Crippen molar-refractivity contribution in [3.05, 3.63) is 41.5 Å². The summed E-state index contributed by atoms with van der Waals surface area (Å²) in [7, 11) is 0. The van der Waals surface area contributed by atoms with Gasteiger partial charge in [0.05, 0.1) is 0 Å². The minimum atomic E-state index is -1.00. The van der Waals surface area contributed by atoms with Gasteiger partial charge in [0.15, 0.2) is 5.82 Å². The Morgan fingerprint density at radius 3 is 2.86 bits per heavy atom. The van der Waals surface area contributed by atoms with E-state index in [1.807, 2.05) is 13.0 Å². The highest BCUT2D eigenvalue weighted by molar-refractivity contribution is 5.91. The summed E-state index contributed by atoms with van der Waals surface area (Å²) < 4.78 is 7.47. The Labute approximate surface area is 123 Å². The first kappa shape index (κ1) is 15.0. The van der Waals surface area contributed by atoms with Gasteiger partial charge in [0.1, 0.15) is 24.2 Å². The van der Waals surface area contributed by atoms with Gasteiger partial charge in [0, 0.05) is 6.54 Å². The minimum absolute atomic E-state index is 0.157.